The maximum atomic E-state index is 5.65. The van der Waals surface area contributed by atoms with Crippen molar-refractivity contribution in [2.45, 2.75) is 79.1 Å². The Labute approximate surface area is 149 Å². The van der Waals surface area contributed by atoms with Crippen LogP contribution in [0.3, 0.4) is 0 Å². The van der Waals surface area contributed by atoms with Crippen molar-refractivity contribution in [1.29, 1.82) is 0 Å². The molecule has 0 saturated carbocycles. The van der Waals surface area contributed by atoms with Crippen LogP contribution < -0.4 is 0 Å². The van der Waals surface area contributed by atoms with Crippen LogP contribution >= 0.6 is 0 Å². The molecule has 0 bridgehead atoms. The first-order chi connectivity index (χ1) is 11.1. The molecule has 1 aliphatic rings. The monoisotopic (exact) mass is 327 g/mol. The molecule has 2 rings (SSSR count). The van der Waals surface area contributed by atoms with Gasteiger partial charge in [0.1, 0.15) is 0 Å². The molecule has 0 atom stereocenters. The molecule has 1 aromatic rings. The Morgan fingerprint density at radius 1 is 0.875 bits per heavy atom. The van der Waals surface area contributed by atoms with Gasteiger partial charge in [-0.1, -0.05) is 66.2 Å². The highest BCUT2D eigenvalue weighted by atomic mass is 16.5. The summed E-state index contributed by atoms with van der Waals surface area (Å²) in [6, 6.07) is 4.86. The average Bonchev–Trinajstić information content (AvgIpc) is 3.20. The van der Waals surface area contributed by atoms with Crippen molar-refractivity contribution >= 4 is 5.57 Å². The Bertz CT molecular complexity index is 621. The van der Waals surface area contributed by atoms with Crippen molar-refractivity contribution < 1.29 is 4.74 Å². The Morgan fingerprint density at radius 2 is 1.50 bits per heavy atom. The topological polar surface area (TPSA) is 9.23 Å². The van der Waals surface area contributed by atoms with Crippen molar-refractivity contribution in [3.8, 4) is 0 Å². The normalized spacial score (nSPS) is 15.2. The van der Waals surface area contributed by atoms with E-state index in [1.165, 1.54) is 33.4 Å². The van der Waals surface area contributed by atoms with Gasteiger partial charge in [-0.05, 0) is 58.4 Å². The number of benzene rings is 1. The molecular weight excluding hydrogens is 292 g/mol. The first kappa shape index (κ1) is 19.2. The number of hydrogen-bond donors (Lipinski definition) is 0. The molecule has 0 spiro atoms. The van der Waals surface area contributed by atoms with E-state index in [-0.39, 0.29) is 10.8 Å². The summed E-state index contributed by atoms with van der Waals surface area (Å²) in [5, 5.41) is 0. The van der Waals surface area contributed by atoms with Gasteiger partial charge >= 0.3 is 0 Å². The van der Waals surface area contributed by atoms with E-state index in [1.807, 2.05) is 0 Å². The van der Waals surface area contributed by atoms with Gasteiger partial charge in [0.2, 0.25) is 0 Å². The highest BCUT2D eigenvalue weighted by Gasteiger charge is 2.30. The van der Waals surface area contributed by atoms with Crippen molar-refractivity contribution in [2.75, 3.05) is 13.2 Å². The minimum absolute atomic E-state index is 0.149. The van der Waals surface area contributed by atoms with Crippen LogP contribution in [0.25, 0.3) is 5.57 Å². The van der Waals surface area contributed by atoms with Crippen molar-refractivity contribution in [1.82, 2.24) is 0 Å². The van der Waals surface area contributed by atoms with E-state index in [9.17, 15) is 0 Å². The summed E-state index contributed by atoms with van der Waals surface area (Å²) in [4.78, 5) is 0. The largest absolute Gasteiger partial charge is 0.381 e. The third kappa shape index (κ3) is 4.51. The van der Waals surface area contributed by atoms with Gasteiger partial charge in [0, 0.05) is 13.0 Å². The predicted octanol–water partition coefficient (Wildman–Crippen LogP) is 6.38. The van der Waals surface area contributed by atoms with E-state index in [2.05, 4.69) is 73.9 Å². The molecule has 1 radical (unpaired) electrons. The van der Waals surface area contributed by atoms with E-state index in [0.717, 1.165) is 26.1 Å². The van der Waals surface area contributed by atoms with E-state index < -0.39 is 0 Å². The Kier molecular flexibility index (Phi) is 5.64. The smallest absolute Gasteiger partial charge is 0.0503 e. The molecule has 0 amide bonds. The number of ether oxygens (including phenoxy) is 1. The van der Waals surface area contributed by atoms with Gasteiger partial charge in [0.15, 0.2) is 0 Å². The number of aryl methyl sites for hydroxylation is 1. The zero-order chi connectivity index (χ0) is 18.1. The summed E-state index contributed by atoms with van der Waals surface area (Å²) < 4.78 is 5.65. The fourth-order valence-electron chi connectivity index (χ4n) is 3.38. The van der Waals surface area contributed by atoms with E-state index >= 15 is 0 Å². The molecule has 0 aliphatic heterocycles. The molecule has 1 heteroatoms. The molecule has 24 heavy (non-hydrogen) atoms. The second-order valence-electron chi connectivity index (χ2n) is 9.16. The SMILES string of the molecule is CCCOCCC1=C(c2cc(C)c(C(C)(C)C)cc2C(C)(C)C)[CH]1. The summed E-state index contributed by atoms with van der Waals surface area (Å²) in [7, 11) is 0. The standard InChI is InChI=1S/C23H35O/c1-9-11-24-12-10-17-14-18(17)19-13-16(2)20(22(3,4)5)15-21(19)23(6,7)8/h13-15H,9-12H2,1-8H3. The zero-order valence-electron chi connectivity index (χ0n) is 17.0. The summed E-state index contributed by atoms with van der Waals surface area (Å²) in [5.74, 6) is 0. The minimum atomic E-state index is 0.149. The minimum Gasteiger partial charge on any atom is -0.381 e. The Balaban J connectivity index is 2.34. The molecular formula is C23H35O. The molecule has 133 valence electrons. The molecule has 1 nitrogen and oxygen atoms in total. The van der Waals surface area contributed by atoms with E-state index in [1.54, 1.807) is 0 Å². The maximum absolute atomic E-state index is 5.65. The van der Waals surface area contributed by atoms with Gasteiger partial charge in [-0.2, -0.15) is 0 Å². The molecule has 0 heterocycles. The molecule has 0 N–H and O–H groups in total. The third-order valence-electron chi connectivity index (χ3n) is 4.72. The van der Waals surface area contributed by atoms with Gasteiger partial charge < -0.3 is 4.74 Å². The molecule has 0 fully saturated rings. The number of hydrogen-bond acceptors (Lipinski definition) is 1. The van der Waals surface area contributed by atoms with Crippen LogP contribution in [0.1, 0.15) is 83.6 Å². The van der Waals surface area contributed by atoms with Crippen molar-refractivity contribution in [3.05, 3.63) is 46.4 Å². The quantitative estimate of drug-likeness (QED) is 0.551. The first-order valence-corrected chi connectivity index (χ1v) is 9.37. The van der Waals surface area contributed by atoms with Crippen LogP contribution in [0.5, 0.6) is 0 Å². The maximum Gasteiger partial charge on any atom is 0.0503 e. The van der Waals surface area contributed by atoms with Crippen LogP contribution in [0.4, 0.5) is 0 Å². The predicted molar refractivity (Wildman–Crippen MR) is 106 cm³/mol. The Hall–Kier alpha value is -1.08. The molecule has 1 aromatic carbocycles. The fourth-order valence-corrected chi connectivity index (χ4v) is 3.38. The van der Waals surface area contributed by atoms with Crippen LogP contribution in [-0.2, 0) is 15.6 Å². The van der Waals surface area contributed by atoms with Gasteiger partial charge in [-0.25, -0.2) is 0 Å². The van der Waals surface area contributed by atoms with Crippen molar-refractivity contribution in [2.24, 2.45) is 0 Å². The lowest BCUT2D eigenvalue weighted by Gasteiger charge is -2.29. The number of rotatable bonds is 6. The van der Waals surface area contributed by atoms with Crippen LogP contribution in [-0.4, -0.2) is 13.2 Å². The summed E-state index contributed by atoms with van der Waals surface area (Å²) in [6.07, 6.45) is 4.48. The summed E-state index contributed by atoms with van der Waals surface area (Å²) >= 11 is 0. The lowest BCUT2D eigenvalue weighted by molar-refractivity contribution is 0.139. The van der Waals surface area contributed by atoms with Gasteiger partial charge in [0.25, 0.3) is 0 Å². The van der Waals surface area contributed by atoms with Gasteiger partial charge in [-0.3, -0.25) is 0 Å². The Morgan fingerprint density at radius 3 is 2.04 bits per heavy atom. The third-order valence-corrected chi connectivity index (χ3v) is 4.72. The fraction of sp³-hybridized carbons (Fsp3) is 0.609. The molecule has 0 unspecified atom stereocenters. The summed E-state index contributed by atoms with van der Waals surface area (Å²) in [5.41, 5.74) is 9.01. The van der Waals surface area contributed by atoms with Crippen molar-refractivity contribution in [3.63, 3.8) is 0 Å². The van der Waals surface area contributed by atoms with E-state index in [4.69, 9.17) is 4.74 Å². The average molecular weight is 328 g/mol. The van der Waals surface area contributed by atoms with Gasteiger partial charge in [-0.15, -0.1) is 0 Å². The molecule has 0 saturated heterocycles. The summed E-state index contributed by atoms with van der Waals surface area (Å²) in [6.45, 7) is 20.0. The van der Waals surface area contributed by atoms with Gasteiger partial charge in [0.05, 0.1) is 6.61 Å². The zero-order valence-corrected chi connectivity index (χ0v) is 17.0. The number of allylic oxidation sites excluding steroid dienone is 1. The lowest BCUT2D eigenvalue weighted by Crippen LogP contribution is -2.19. The highest BCUT2D eigenvalue weighted by molar-refractivity contribution is 5.94. The van der Waals surface area contributed by atoms with Crippen LogP contribution in [0.15, 0.2) is 17.7 Å². The second-order valence-corrected chi connectivity index (χ2v) is 9.16. The second kappa shape index (κ2) is 7.04. The molecule has 0 aromatic heterocycles. The first-order valence-electron chi connectivity index (χ1n) is 9.37. The van der Waals surface area contributed by atoms with E-state index in [0.29, 0.717) is 0 Å². The van der Waals surface area contributed by atoms with Crippen LogP contribution in [0.2, 0.25) is 0 Å². The lowest BCUT2D eigenvalue weighted by atomic mass is 9.76. The highest BCUT2D eigenvalue weighted by Crippen LogP contribution is 2.46. The molecule has 1 aliphatic carbocycles. The van der Waals surface area contributed by atoms with Crippen LogP contribution in [0, 0.1) is 13.3 Å².